The molecule has 1 N–H and O–H groups in total. The molecule has 0 aromatic heterocycles. The molecule has 2 rings (SSSR count). The van der Waals surface area contributed by atoms with Gasteiger partial charge in [-0.15, -0.1) is 0 Å². The quantitative estimate of drug-likeness (QED) is 0.806. The largest absolute Gasteiger partial charge is 0.340 e. The predicted octanol–water partition coefficient (Wildman–Crippen LogP) is 1.43. The first-order chi connectivity index (χ1) is 11.2. The van der Waals surface area contributed by atoms with Crippen LogP contribution in [0.2, 0.25) is 0 Å². The van der Waals surface area contributed by atoms with E-state index in [0.717, 1.165) is 51.9 Å². The van der Waals surface area contributed by atoms with Crippen LogP contribution in [0.4, 0.5) is 0 Å². The summed E-state index contributed by atoms with van der Waals surface area (Å²) in [6.07, 6.45) is 3.09. The normalized spacial score (nSPS) is 27.0. The first-order valence-corrected chi connectivity index (χ1v) is 10.8. The van der Waals surface area contributed by atoms with E-state index in [9.17, 15) is 13.2 Å². The molecule has 0 spiro atoms. The van der Waals surface area contributed by atoms with Gasteiger partial charge in [0.1, 0.15) is 0 Å². The SMILES string of the molecule is CC(C)N1CCN(C(=O)[C@H]2CC[C@H](NS(=O)(=O)C(C)C)CC2)CC1. The minimum absolute atomic E-state index is 0.0146. The Bertz CT molecular complexity index is 517. The molecule has 0 atom stereocenters. The molecule has 2 aliphatic rings. The summed E-state index contributed by atoms with van der Waals surface area (Å²) < 4.78 is 26.7. The first-order valence-electron chi connectivity index (χ1n) is 9.24. The fourth-order valence-corrected chi connectivity index (χ4v) is 4.52. The van der Waals surface area contributed by atoms with Crippen molar-refractivity contribution in [2.75, 3.05) is 26.2 Å². The fourth-order valence-electron chi connectivity index (χ4n) is 3.54. The summed E-state index contributed by atoms with van der Waals surface area (Å²) in [4.78, 5) is 17.1. The molecule has 1 aliphatic carbocycles. The molecule has 1 heterocycles. The number of piperazine rings is 1. The molecule has 1 saturated carbocycles. The number of hydrogen-bond donors (Lipinski definition) is 1. The maximum atomic E-state index is 12.7. The number of hydrogen-bond acceptors (Lipinski definition) is 4. The number of carbonyl (C=O) groups excluding carboxylic acids is 1. The van der Waals surface area contributed by atoms with Gasteiger partial charge in [0.25, 0.3) is 0 Å². The minimum atomic E-state index is -3.22. The van der Waals surface area contributed by atoms with Crippen molar-refractivity contribution in [2.45, 2.75) is 70.7 Å². The highest BCUT2D eigenvalue weighted by Gasteiger charge is 2.32. The van der Waals surface area contributed by atoms with Gasteiger partial charge in [0, 0.05) is 44.2 Å². The molecule has 0 radical (unpaired) electrons. The van der Waals surface area contributed by atoms with Crippen LogP contribution in [0.5, 0.6) is 0 Å². The van der Waals surface area contributed by atoms with E-state index in [4.69, 9.17) is 0 Å². The van der Waals surface area contributed by atoms with Crippen molar-refractivity contribution < 1.29 is 13.2 Å². The van der Waals surface area contributed by atoms with Crippen LogP contribution in [0, 0.1) is 5.92 Å². The van der Waals surface area contributed by atoms with Crippen molar-refractivity contribution in [1.29, 1.82) is 0 Å². The van der Waals surface area contributed by atoms with Gasteiger partial charge in [-0.05, 0) is 53.4 Å². The number of carbonyl (C=O) groups is 1. The summed E-state index contributed by atoms with van der Waals surface area (Å²) in [5.41, 5.74) is 0. The monoisotopic (exact) mass is 359 g/mol. The van der Waals surface area contributed by atoms with Gasteiger partial charge in [0.2, 0.25) is 15.9 Å². The Kier molecular flexibility index (Phi) is 6.67. The van der Waals surface area contributed by atoms with Gasteiger partial charge in [-0.2, -0.15) is 0 Å². The molecular formula is C17H33N3O3S. The van der Waals surface area contributed by atoms with Crippen molar-refractivity contribution >= 4 is 15.9 Å². The van der Waals surface area contributed by atoms with Gasteiger partial charge in [-0.1, -0.05) is 0 Å². The third-order valence-corrected chi connectivity index (χ3v) is 7.29. The van der Waals surface area contributed by atoms with E-state index >= 15 is 0 Å². The highest BCUT2D eigenvalue weighted by molar-refractivity contribution is 7.90. The Morgan fingerprint density at radius 2 is 1.50 bits per heavy atom. The Hall–Kier alpha value is -0.660. The molecular weight excluding hydrogens is 326 g/mol. The van der Waals surface area contributed by atoms with Gasteiger partial charge < -0.3 is 4.90 Å². The lowest BCUT2D eigenvalue weighted by Gasteiger charge is -2.39. The zero-order valence-corrected chi connectivity index (χ0v) is 16.3. The Labute approximate surface area is 147 Å². The smallest absolute Gasteiger partial charge is 0.225 e. The number of amides is 1. The van der Waals surface area contributed by atoms with E-state index in [1.165, 1.54) is 0 Å². The lowest BCUT2D eigenvalue weighted by atomic mass is 9.85. The highest BCUT2D eigenvalue weighted by Crippen LogP contribution is 2.27. The lowest BCUT2D eigenvalue weighted by Crippen LogP contribution is -2.52. The number of rotatable bonds is 5. The molecule has 7 heteroatoms. The van der Waals surface area contributed by atoms with Gasteiger partial charge in [-0.25, -0.2) is 13.1 Å². The molecule has 0 unspecified atom stereocenters. The maximum absolute atomic E-state index is 12.7. The van der Waals surface area contributed by atoms with Crippen LogP contribution in [0.1, 0.15) is 53.4 Å². The standard InChI is InChI=1S/C17H33N3O3S/c1-13(2)19-9-11-20(12-10-19)17(21)15-5-7-16(8-6-15)18-24(22,23)14(3)4/h13-16,18H,5-12H2,1-4H3/t15-,16-. The van der Waals surface area contributed by atoms with E-state index < -0.39 is 15.3 Å². The van der Waals surface area contributed by atoms with Crippen LogP contribution in [-0.4, -0.2) is 67.6 Å². The first kappa shape index (κ1) is 19.7. The Morgan fingerprint density at radius 3 is 1.96 bits per heavy atom. The molecule has 140 valence electrons. The third-order valence-electron chi connectivity index (χ3n) is 5.38. The predicted molar refractivity (Wildman–Crippen MR) is 96.2 cm³/mol. The van der Waals surface area contributed by atoms with Crippen molar-refractivity contribution in [3.05, 3.63) is 0 Å². The van der Waals surface area contributed by atoms with E-state index in [0.29, 0.717) is 6.04 Å². The van der Waals surface area contributed by atoms with Gasteiger partial charge in [0.15, 0.2) is 0 Å². The average molecular weight is 360 g/mol. The second-order valence-corrected chi connectivity index (χ2v) is 9.98. The Balaban J connectivity index is 1.79. The van der Waals surface area contributed by atoms with E-state index in [2.05, 4.69) is 23.5 Å². The summed E-state index contributed by atoms with van der Waals surface area (Å²) >= 11 is 0. The van der Waals surface area contributed by atoms with Gasteiger partial charge in [0.05, 0.1) is 5.25 Å². The minimum Gasteiger partial charge on any atom is -0.340 e. The number of sulfonamides is 1. The molecule has 0 aromatic rings. The second kappa shape index (κ2) is 8.15. The number of nitrogens with zero attached hydrogens (tertiary/aromatic N) is 2. The van der Waals surface area contributed by atoms with Crippen molar-refractivity contribution in [2.24, 2.45) is 5.92 Å². The summed E-state index contributed by atoms with van der Waals surface area (Å²) in [5, 5.41) is -0.408. The summed E-state index contributed by atoms with van der Waals surface area (Å²) in [5.74, 6) is 0.332. The van der Waals surface area contributed by atoms with Crippen LogP contribution in [0.25, 0.3) is 0 Å². The summed E-state index contributed by atoms with van der Waals surface area (Å²) in [6, 6.07) is 0.519. The van der Waals surface area contributed by atoms with Crippen molar-refractivity contribution in [3.8, 4) is 0 Å². The molecule has 24 heavy (non-hydrogen) atoms. The molecule has 0 bridgehead atoms. The molecule has 2 fully saturated rings. The molecule has 1 amide bonds. The summed E-state index contributed by atoms with van der Waals surface area (Å²) in [6.45, 7) is 11.3. The van der Waals surface area contributed by atoms with E-state index in [1.54, 1.807) is 13.8 Å². The van der Waals surface area contributed by atoms with Crippen LogP contribution in [-0.2, 0) is 14.8 Å². The Morgan fingerprint density at radius 1 is 0.958 bits per heavy atom. The van der Waals surface area contributed by atoms with Gasteiger partial charge in [-0.3, -0.25) is 9.69 Å². The van der Waals surface area contributed by atoms with E-state index in [-0.39, 0.29) is 17.9 Å². The molecule has 6 nitrogen and oxygen atoms in total. The molecule has 0 aromatic carbocycles. The van der Waals surface area contributed by atoms with Crippen molar-refractivity contribution in [1.82, 2.24) is 14.5 Å². The zero-order chi connectivity index (χ0) is 17.9. The molecule has 1 saturated heterocycles. The zero-order valence-electron chi connectivity index (χ0n) is 15.5. The fraction of sp³-hybridized carbons (Fsp3) is 0.941. The number of nitrogens with one attached hydrogen (secondary N) is 1. The van der Waals surface area contributed by atoms with Crippen LogP contribution >= 0.6 is 0 Å². The summed E-state index contributed by atoms with van der Waals surface area (Å²) in [7, 11) is -3.22. The highest BCUT2D eigenvalue weighted by atomic mass is 32.2. The molecule has 1 aliphatic heterocycles. The third kappa shape index (κ3) is 4.92. The van der Waals surface area contributed by atoms with Gasteiger partial charge >= 0.3 is 0 Å². The van der Waals surface area contributed by atoms with Crippen molar-refractivity contribution in [3.63, 3.8) is 0 Å². The van der Waals surface area contributed by atoms with E-state index in [1.807, 2.05) is 4.90 Å². The van der Waals surface area contributed by atoms with Crippen LogP contribution in [0.3, 0.4) is 0 Å². The average Bonchev–Trinajstić information content (AvgIpc) is 2.54. The topological polar surface area (TPSA) is 69.7 Å². The van der Waals surface area contributed by atoms with Crippen LogP contribution < -0.4 is 4.72 Å². The maximum Gasteiger partial charge on any atom is 0.225 e. The second-order valence-electron chi connectivity index (χ2n) is 7.72. The van der Waals surface area contributed by atoms with Crippen LogP contribution in [0.15, 0.2) is 0 Å². The lowest BCUT2D eigenvalue weighted by molar-refractivity contribution is -0.138.